The summed E-state index contributed by atoms with van der Waals surface area (Å²) < 4.78 is 7.15. The number of benzene rings is 2. The van der Waals surface area contributed by atoms with E-state index >= 15 is 0 Å². The highest BCUT2D eigenvalue weighted by molar-refractivity contribution is 9.11. The van der Waals surface area contributed by atoms with Crippen molar-refractivity contribution >= 4 is 61.0 Å². The van der Waals surface area contributed by atoms with Crippen molar-refractivity contribution in [2.45, 2.75) is 20.3 Å². The molecule has 0 saturated heterocycles. The Morgan fingerprint density at radius 2 is 1.55 bits per heavy atom. The van der Waals surface area contributed by atoms with Crippen LogP contribution in [0.3, 0.4) is 0 Å². The van der Waals surface area contributed by atoms with Crippen LogP contribution in [0, 0.1) is 6.92 Å². The van der Waals surface area contributed by atoms with Crippen LogP contribution in [0.1, 0.15) is 18.9 Å². The highest BCUT2D eigenvalue weighted by atomic mass is 79.9. The van der Waals surface area contributed by atoms with E-state index in [2.05, 4.69) is 59.9 Å². The van der Waals surface area contributed by atoms with Crippen molar-refractivity contribution in [2.75, 3.05) is 17.2 Å². The van der Waals surface area contributed by atoms with Gasteiger partial charge >= 0.3 is 0 Å². The Labute approximate surface area is 197 Å². The number of amides is 3. The predicted molar refractivity (Wildman–Crippen MR) is 126 cm³/mol. The summed E-state index contributed by atoms with van der Waals surface area (Å²) in [6.07, 6.45) is -0.0496. The molecule has 164 valence electrons. The van der Waals surface area contributed by atoms with Gasteiger partial charge in [0.1, 0.15) is 5.75 Å². The van der Waals surface area contributed by atoms with E-state index in [-0.39, 0.29) is 24.8 Å². The largest absolute Gasteiger partial charge is 0.483 e. The first-order valence-corrected chi connectivity index (χ1v) is 10.7. The smallest absolute Gasteiger partial charge is 0.276 e. The molecular formula is C21H22Br2N4O4. The second-order valence-corrected chi connectivity index (χ2v) is 8.29. The fourth-order valence-corrected chi connectivity index (χ4v) is 3.47. The zero-order valence-electron chi connectivity index (χ0n) is 17.0. The molecular weight excluding hydrogens is 532 g/mol. The van der Waals surface area contributed by atoms with Gasteiger partial charge < -0.3 is 20.8 Å². The number of aryl methyl sites for hydroxylation is 1. The average Bonchev–Trinajstić information content (AvgIpc) is 2.69. The normalized spacial score (nSPS) is 10.1. The van der Waals surface area contributed by atoms with Crippen LogP contribution in [-0.4, -0.2) is 24.3 Å². The van der Waals surface area contributed by atoms with Crippen LogP contribution in [0.4, 0.5) is 11.4 Å². The average molecular weight is 554 g/mol. The summed E-state index contributed by atoms with van der Waals surface area (Å²) in [6.45, 7) is 6.84. The molecule has 0 aliphatic rings. The third kappa shape index (κ3) is 8.42. The van der Waals surface area contributed by atoms with E-state index in [9.17, 15) is 14.4 Å². The molecule has 0 atom stereocenters. The molecule has 0 aliphatic heterocycles. The molecule has 0 aromatic heterocycles. The molecule has 0 spiro atoms. The minimum absolute atomic E-state index is 0.0496. The molecule has 0 fully saturated rings. The number of hydrogen-bond acceptors (Lipinski definition) is 5. The van der Waals surface area contributed by atoms with Crippen LogP contribution in [0.25, 0.3) is 0 Å². The van der Waals surface area contributed by atoms with E-state index in [1.165, 1.54) is 6.92 Å². The fourth-order valence-electron chi connectivity index (χ4n) is 2.36. The van der Waals surface area contributed by atoms with Gasteiger partial charge in [-0.05, 0) is 64.8 Å². The van der Waals surface area contributed by atoms with Gasteiger partial charge in [-0.25, -0.2) is 0 Å². The van der Waals surface area contributed by atoms with Crippen molar-refractivity contribution in [1.29, 1.82) is 0 Å². The Bertz CT molecular complexity index is 994. The minimum Gasteiger partial charge on any atom is -0.483 e. The van der Waals surface area contributed by atoms with Gasteiger partial charge in [-0.2, -0.15) is 0 Å². The summed E-state index contributed by atoms with van der Waals surface area (Å²) in [5.41, 5.74) is 7.51. The van der Waals surface area contributed by atoms with E-state index in [0.717, 1.165) is 14.5 Å². The molecule has 2 aromatic carbocycles. The number of anilines is 2. The molecule has 2 aromatic rings. The summed E-state index contributed by atoms with van der Waals surface area (Å²) in [5, 5.41) is 5.35. The molecule has 31 heavy (non-hydrogen) atoms. The molecule has 0 saturated carbocycles. The van der Waals surface area contributed by atoms with E-state index in [4.69, 9.17) is 4.74 Å². The zero-order chi connectivity index (χ0) is 23.0. The van der Waals surface area contributed by atoms with Crippen LogP contribution in [-0.2, 0) is 14.4 Å². The number of hydrogen-bond donors (Lipinski definition) is 4. The molecule has 10 heteroatoms. The van der Waals surface area contributed by atoms with Crippen molar-refractivity contribution in [1.82, 2.24) is 10.9 Å². The van der Waals surface area contributed by atoms with Gasteiger partial charge in [0, 0.05) is 28.5 Å². The first-order valence-electron chi connectivity index (χ1n) is 9.12. The van der Waals surface area contributed by atoms with Crippen LogP contribution < -0.4 is 26.2 Å². The molecule has 0 unspecified atom stereocenters. The summed E-state index contributed by atoms with van der Waals surface area (Å²) in [4.78, 5) is 35.1. The lowest BCUT2D eigenvalue weighted by atomic mass is 10.2. The first kappa shape index (κ1) is 24.4. The lowest BCUT2D eigenvalue weighted by Crippen LogP contribution is -2.40. The van der Waals surface area contributed by atoms with Crippen molar-refractivity contribution < 1.29 is 19.1 Å². The number of hydrazine groups is 1. The quantitative estimate of drug-likeness (QED) is 0.351. The summed E-state index contributed by atoms with van der Waals surface area (Å²) in [6, 6.07) is 10.3. The Morgan fingerprint density at radius 1 is 0.935 bits per heavy atom. The summed E-state index contributed by atoms with van der Waals surface area (Å²) in [7, 11) is 0. The highest BCUT2D eigenvalue weighted by Crippen LogP contribution is 2.31. The Morgan fingerprint density at radius 3 is 2.16 bits per heavy atom. The van der Waals surface area contributed by atoms with Crippen LogP contribution in [0.5, 0.6) is 5.75 Å². The number of rotatable bonds is 9. The van der Waals surface area contributed by atoms with Gasteiger partial charge in [0.25, 0.3) is 5.91 Å². The van der Waals surface area contributed by atoms with Crippen LogP contribution in [0.2, 0.25) is 0 Å². The lowest BCUT2D eigenvalue weighted by Gasteiger charge is -2.13. The highest BCUT2D eigenvalue weighted by Gasteiger charge is 2.10. The van der Waals surface area contributed by atoms with Gasteiger partial charge in [-0.15, -0.1) is 0 Å². The van der Waals surface area contributed by atoms with Crippen molar-refractivity contribution in [3.05, 3.63) is 63.2 Å². The summed E-state index contributed by atoms with van der Waals surface area (Å²) >= 11 is 6.80. The predicted octanol–water partition coefficient (Wildman–Crippen LogP) is 4.02. The van der Waals surface area contributed by atoms with Crippen molar-refractivity contribution in [3.63, 3.8) is 0 Å². The Kier molecular flexibility index (Phi) is 9.07. The van der Waals surface area contributed by atoms with Gasteiger partial charge in [0.2, 0.25) is 11.8 Å². The number of nitrogens with one attached hydrogen (secondary N) is 4. The maximum Gasteiger partial charge on any atom is 0.276 e. The van der Waals surface area contributed by atoms with Gasteiger partial charge in [0.15, 0.2) is 6.61 Å². The van der Waals surface area contributed by atoms with Gasteiger partial charge in [-0.1, -0.05) is 22.5 Å². The van der Waals surface area contributed by atoms with Gasteiger partial charge in [0.05, 0.1) is 10.9 Å². The molecule has 4 N–H and O–H groups in total. The van der Waals surface area contributed by atoms with E-state index in [1.54, 1.807) is 30.3 Å². The van der Waals surface area contributed by atoms with Crippen molar-refractivity contribution in [2.24, 2.45) is 0 Å². The molecule has 3 amide bonds. The van der Waals surface area contributed by atoms with Crippen molar-refractivity contribution in [3.8, 4) is 5.75 Å². The van der Waals surface area contributed by atoms with Crippen LogP contribution in [0.15, 0.2) is 57.6 Å². The number of ether oxygens (including phenoxy) is 1. The van der Waals surface area contributed by atoms with E-state index in [1.807, 2.05) is 13.0 Å². The maximum absolute atomic E-state index is 12.1. The Balaban J connectivity index is 1.73. The SMILES string of the molecule is C=C(CC(=O)Nc1ccc(NC(C)=O)cc1)NNC(=O)COc1cc(C)c(Br)cc1Br. The number of carbonyl (C=O) groups excluding carboxylic acids is 3. The molecule has 8 nitrogen and oxygen atoms in total. The molecule has 0 aliphatic carbocycles. The Hall–Kier alpha value is -2.85. The number of carbonyl (C=O) groups is 3. The standard InChI is InChI=1S/C21H22Br2N4O4/c1-12-8-19(18(23)10-17(12)22)31-11-21(30)27-26-13(2)9-20(29)25-16-6-4-15(5-7-16)24-14(3)28/h4-8,10,26H,2,9,11H2,1,3H3,(H,24,28)(H,25,29)(H,27,30). The monoisotopic (exact) mass is 552 g/mol. The molecule has 0 radical (unpaired) electrons. The molecule has 0 heterocycles. The molecule has 2 rings (SSSR count). The first-order chi connectivity index (χ1) is 14.6. The van der Waals surface area contributed by atoms with E-state index < -0.39 is 5.91 Å². The minimum atomic E-state index is -0.428. The topological polar surface area (TPSA) is 109 Å². The second kappa shape index (κ2) is 11.5. The van der Waals surface area contributed by atoms with Crippen LogP contribution >= 0.6 is 31.9 Å². The van der Waals surface area contributed by atoms with Gasteiger partial charge in [-0.3, -0.25) is 19.8 Å². The second-order valence-electron chi connectivity index (χ2n) is 6.58. The fraction of sp³-hybridized carbons (Fsp3) is 0.190. The van der Waals surface area contributed by atoms with E-state index in [0.29, 0.717) is 22.8 Å². The third-order valence-electron chi connectivity index (χ3n) is 3.81. The lowest BCUT2D eigenvalue weighted by molar-refractivity contribution is -0.124. The third-order valence-corrected chi connectivity index (χ3v) is 5.29. The summed E-state index contributed by atoms with van der Waals surface area (Å²) in [5.74, 6) is -0.378. The number of halogens is 2. The molecule has 0 bridgehead atoms. The maximum atomic E-state index is 12.1. The zero-order valence-corrected chi connectivity index (χ0v) is 20.1.